The van der Waals surface area contributed by atoms with Gasteiger partial charge in [-0.1, -0.05) is 29.8 Å². The molecule has 0 saturated heterocycles. The van der Waals surface area contributed by atoms with Gasteiger partial charge in [0.15, 0.2) is 0 Å². The molecule has 1 atom stereocenters. The van der Waals surface area contributed by atoms with E-state index in [9.17, 15) is 4.79 Å². The summed E-state index contributed by atoms with van der Waals surface area (Å²) < 4.78 is 0. The summed E-state index contributed by atoms with van der Waals surface area (Å²) in [5.74, 6) is -0.139. The molecule has 0 aliphatic carbocycles. The maximum atomic E-state index is 12.3. The molecular weight excluding hydrogens is 252 g/mol. The summed E-state index contributed by atoms with van der Waals surface area (Å²) in [5.41, 5.74) is 8.70. The maximum Gasteiger partial charge on any atom is 0.244 e. The van der Waals surface area contributed by atoms with Crippen molar-refractivity contribution in [3.05, 3.63) is 59.7 Å². The summed E-state index contributed by atoms with van der Waals surface area (Å²) in [6.45, 7) is 2.39. The SMILES string of the molecule is Cc1ccc(C(N)C(=O)N(C)Cc2cnccn2)cc1. The number of carbonyl (C=O) groups is 1. The smallest absolute Gasteiger partial charge is 0.244 e. The average Bonchev–Trinajstić information content (AvgIpc) is 2.47. The van der Waals surface area contributed by atoms with Gasteiger partial charge < -0.3 is 10.6 Å². The van der Waals surface area contributed by atoms with E-state index in [4.69, 9.17) is 5.73 Å². The third kappa shape index (κ3) is 3.39. The van der Waals surface area contributed by atoms with Crippen LogP contribution in [0.3, 0.4) is 0 Å². The molecule has 1 heterocycles. The number of nitrogens with two attached hydrogens (primary N) is 1. The summed E-state index contributed by atoms with van der Waals surface area (Å²) in [5, 5.41) is 0. The second-order valence-electron chi connectivity index (χ2n) is 4.78. The van der Waals surface area contributed by atoms with E-state index in [0.29, 0.717) is 6.54 Å². The van der Waals surface area contributed by atoms with E-state index >= 15 is 0 Å². The largest absolute Gasteiger partial charge is 0.338 e. The Morgan fingerprint density at radius 3 is 2.60 bits per heavy atom. The lowest BCUT2D eigenvalue weighted by Gasteiger charge is -2.21. The summed E-state index contributed by atoms with van der Waals surface area (Å²) >= 11 is 0. The first-order chi connectivity index (χ1) is 9.58. The van der Waals surface area contributed by atoms with Crippen molar-refractivity contribution in [2.24, 2.45) is 5.73 Å². The fraction of sp³-hybridized carbons (Fsp3) is 0.267. The molecule has 0 spiro atoms. The van der Waals surface area contributed by atoms with Crippen LogP contribution in [0.15, 0.2) is 42.9 Å². The van der Waals surface area contributed by atoms with Gasteiger partial charge in [-0.2, -0.15) is 0 Å². The Morgan fingerprint density at radius 1 is 1.30 bits per heavy atom. The fourth-order valence-electron chi connectivity index (χ4n) is 1.89. The predicted molar refractivity (Wildman–Crippen MR) is 76.6 cm³/mol. The first kappa shape index (κ1) is 14.1. The number of hydrogen-bond donors (Lipinski definition) is 1. The lowest BCUT2D eigenvalue weighted by molar-refractivity contribution is -0.132. The maximum absolute atomic E-state index is 12.3. The van der Waals surface area contributed by atoms with Gasteiger partial charge in [0.2, 0.25) is 5.91 Å². The molecule has 20 heavy (non-hydrogen) atoms. The molecule has 0 fully saturated rings. The molecule has 1 amide bonds. The molecule has 2 aromatic rings. The molecule has 104 valence electrons. The van der Waals surface area contributed by atoms with Crippen LogP contribution in [-0.2, 0) is 11.3 Å². The number of benzene rings is 1. The van der Waals surface area contributed by atoms with Crippen LogP contribution in [0.25, 0.3) is 0 Å². The van der Waals surface area contributed by atoms with Crippen molar-refractivity contribution in [2.45, 2.75) is 19.5 Å². The number of hydrogen-bond acceptors (Lipinski definition) is 4. The Kier molecular flexibility index (Phi) is 4.42. The van der Waals surface area contributed by atoms with Crippen LogP contribution in [0.5, 0.6) is 0 Å². The third-order valence-electron chi connectivity index (χ3n) is 3.09. The molecule has 0 aliphatic heterocycles. The van der Waals surface area contributed by atoms with E-state index < -0.39 is 6.04 Å². The van der Waals surface area contributed by atoms with Crippen molar-refractivity contribution < 1.29 is 4.79 Å². The molecule has 0 bridgehead atoms. The van der Waals surface area contributed by atoms with Crippen LogP contribution < -0.4 is 5.73 Å². The Morgan fingerprint density at radius 2 is 2.00 bits per heavy atom. The summed E-state index contributed by atoms with van der Waals surface area (Å²) in [4.78, 5) is 22.0. The summed E-state index contributed by atoms with van der Waals surface area (Å²) in [6, 6.07) is 7.01. The van der Waals surface area contributed by atoms with E-state index in [1.807, 2.05) is 31.2 Å². The second kappa shape index (κ2) is 6.25. The molecule has 0 aliphatic rings. The molecule has 2 rings (SSSR count). The van der Waals surface area contributed by atoms with Crippen LogP contribution in [-0.4, -0.2) is 27.8 Å². The van der Waals surface area contributed by atoms with Gasteiger partial charge in [-0.25, -0.2) is 0 Å². The predicted octanol–water partition coefficient (Wildman–Crippen LogP) is 1.44. The van der Waals surface area contributed by atoms with Crippen LogP contribution in [0.1, 0.15) is 22.9 Å². The highest BCUT2D eigenvalue weighted by Crippen LogP contribution is 2.14. The Labute approximate surface area is 118 Å². The van der Waals surface area contributed by atoms with Crippen molar-refractivity contribution in [3.8, 4) is 0 Å². The summed E-state index contributed by atoms with van der Waals surface area (Å²) in [6.07, 6.45) is 4.85. The molecule has 1 unspecified atom stereocenters. The highest BCUT2D eigenvalue weighted by atomic mass is 16.2. The van der Waals surface area contributed by atoms with E-state index in [1.165, 1.54) is 0 Å². The highest BCUT2D eigenvalue weighted by molar-refractivity contribution is 5.82. The molecular formula is C15H18N4O. The molecule has 0 saturated carbocycles. The first-order valence-electron chi connectivity index (χ1n) is 6.40. The number of likely N-dealkylation sites (N-methyl/N-ethyl adjacent to an activating group) is 1. The van der Waals surface area contributed by atoms with Crippen molar-refractivity contribution in [1.82, 2.24) is 14.9 Å². The van der Waals surface area contributed by atoms with Crippen molar-refractivity contribution in [2.75, 3.05) is 7.05 Å². The highest BCUT2D eigenvalue weighted by Gasteiger charge is 2.20. The second-order valence-corrected chi connectivity index (χ2v) is 4.78. The molecule has 0 radical (unpaired) electrons. The number of carbonyl (C=O) groups excluding carboxylic acids is 1. The van der Waals surface area contributed by atoms with E-state index in [-0.39, 0.29) is 5.91 Å². The van der Waals surface area contributed by atoms with Gasteiger partial charge in [0, 0.05) is 19.4 Å². The van der Waals surface area contributed by atoms with Crippen molar-refractivity contribution in [1.29, 1.82) is 0 Å². The van der Waals surface area contributed by atoms with Gasteiger partial charge >= 0.3 is 0 Å². The zero-order valence-electron chi connectivity index (χ0n) is 11.7. The van der Waals surface area contributed by atoms with E-state index in [2.05, 4.69) is 9.97 Å². The van der Waals surface area contributed by atoms with Crippen LogP contribution in [0.2, 0.25) is 0 Å². The quantitative estimate of drug-likeness (QED) is 0.912. The number of aryl methyl sites for hydroxylation is 1. The summed E-state index contributed by atoms with van der Waals surface area (Å²) in [7, 11) is 1.71. The Hall–Kier alpha value is -2.27. The zero-order chi connectivity index (χ0) is 14.5. The number of nitrogens with zero attached hydrogens (tertiary/aromatic N) is 3. The van der Waals surface area contributed by atoms with E-state index in [0.717, 1.165) is 16.8 Å². The van der Waals surface area contributed by atoms with Crippen LogP contribution in [0.4, 0.5) is 0 Å². The molecule has 2 N–H and O–H groups in total. The molecule has 1 aromatic heterocycles. The lowest BCUT2D eigenvalue weighted by Crippen LogP contribution is -2.35. The van der Waals surface area contributed by atoms with E-state index in [1.54, 1.807) is 30.5 Å². The van der Waals surface area contributed by atoms with Gasteiger partial charge in [-0.05, 0) is 12.5 Å². The molecule has 5 heteroatoms. The molecule has 1 aromatic carbocycles. The third-order valence-corrected chi connectivity index (χ3v) is 3.09. The minimum atomic E-state index is -0.655. The minimum absolute atomic E-state index is 0.139. The standard InChI is InChI=1S/C15H18N4O/c1-11-3-5-12(6-4-11)14(16)15(20)19(2)10-13-9-17-7-8-18-13/h3-9,14H,10,16H2,1-2H3. The van der Waals surface area contributed by atoms with Gasteiger partial charge in [-0.3, -0.25) is 14.8 Å². The van der Waals surface area contributed by atoms with Crippen LogP contribution in [0, 0.1) is 6.92 Å². The normalized spacial score (nSPS) is 11.9. The monoisotopic (exact) mass is 270 g/mol. The van der Waals surface area contributed by atoms with Gasteiger partial charge in [0.05, 0.1) is 18.4 Å². The minimum Gasteiger partial charge on any atom is -0.338 e. The number of aromatic nitrogens is 2. The number of rotatable bonds is 4. The zero-order valence-corrected chi connectivity index (χ0v) is 11.7. The van der Waals surface area contributed by atoms with Gasteiger partial charge in [-0.15, -0.1) is 0 Å². The fourth-order valence-corrected chi connectivity index (χ4v) is 1.89. The molecule has 5 nitrogen and oxygen atoms in total. The number of amides is 1. The first-order valence-corrected chi connectivity index (χ1v) is 6.40. The lowest BCUT2D eigenvalue weighted by atomic mass is 10.0. The van der Waals surface area contributed by atoms with Crippen molar-refractivity contribution >= 4 is 5.91 Å². The topological polar surface area (TPSA) is 72.1 Å². The Bertz CT molecular complexity index is 568. The van der Waals surface area contributed by atoms with Gasteiger partial charge in [0.1, 0.15) is 6.04 Å². The van der Waals surface area contributed by atoms with Gasteiger partial charge in [0.25, 0.3) is 0 Å². The Balaban J connectivity index is 2.04. The van der Waals surface area contributed by atoms with Crippen molar-refractivity contribution in [3.63, 3.8) is 0 Å². The average molecular weight is 270 g/mol. The van der Waals surface area contributed by atoms with Crippen LogP contribution >= 0.6 is 0 Å².